The normalized spacial score (nSPS) is 12.7. The van der Waals surface area contributed by atoms with Gasteiger partial charge in [0.15, 0.2) is 5.82 Å². The molecular formula is C9H9N3O2. The van der Waals surface area contributed by atoms with Crippen LogP contribution in [0.1, 0.15) is 18.7 Å². The van der Waals surface area contributed by atoms with Gasteiger partial charge in [0.2, 0.25) is 5.76 Å². The fraction of sp³-hybridized carbons (Fsp3) is 0.222. The van der Waals surface area contributed by atoms with Crippen molar-refractivity contribution in [3.05, 3.63) is 30.2 Å². The van der Waals surface area contributed by atoms with E-state index < -0.39 is 6.10 Å². The maximum Gasteiger partial charge on any atom is 0.204 e. The van der Waals surface area contributed by atoms with E-state index in [0.29, 0.717) is 17.3 Å². The summed E-state index contributed by atoms with van der Waals surface area (Å²) in [4.78, 5) is 7.99. The molecule has 2 rings (SSSR count). The van der Waals surface area contributed by atoms with Gasteiger partial charge in [0.25, 0.3) is 0 Å². The lowest BCUT2D eigenvalue weighted by Gasteiger charge is -1.93. The van der Waals surface area contributed by atoms with E-state index in [2.05, 4.69) is 15.1 Å². The molecule has 14 heavy (non-hydrogen) atoms. The molecule has 72 valence electrons. The molecule has 0 aliphatic heterocycles. The second kappa shape index (κ2) is 3.55. The largest absolute Gasteiger partial charge is 0.387 e. The van der Waals surface area contributed by atoms with Gasteiger partial charge in [-0.3, -0.25) is 0 Å². The van der Waals surface area contributed by atoms with Crippen LogP contribution in [-0.2, 0) is 0 Å². The summed E-state index contributed by atoms with van der Waals surface area (Å²) in [5.74, 6) is 0.924. The predicted molar refractivity (Wildman–Crippen MR) is 48.2 cm³/mol. The van der Waals surface area contributed by atoms with E-state index >= 15 is 0 Å². The highest BCUT2D eigenvalue weighted by atomic mass is 16.5. The van der Waals surface area contributed by atoms with Gasteiger partial charge in [-0.1, -0.05) is 5.16 Å². The molecule has 0 aromatic carbocycles. The predicted octanol–water partition coefficient (Wildman–Crippen LogP) is 1.18. The Morgan fingerprint density at radius 3 is 2.64 bits per heavy atom. The van der Waals surface area contributed by atoms with Crippen LogP contribution in [0.4, 0.5) is 0 Å². The maximum atomic E-state index is 9.22. The zero-order valence-corrected chi connectivity index (χ0v) is 7.58. The van der Waals surface area contributed by atoms with Gasteiger partial charge in [-0.2, -0.15) is 0 Å². The fourth-order valence-electron chi connectivity index (χ4n) is 1.02. The Balaban J connectivity index is 2.34. The number of rotatable bonds is 2. The zero-order chi connectivity index (χ0) is 9.97. The SMILES string of the molecule is CC(O)c1cc(-c2ncccn2)on1. The third-order valence-electron chi connectivity index (χ3n) is 1.74. The second-order valence-electron chi connectivity index (χ2n) is 2.86. The standard InChI is InChI=1S/C9H9N3O2/c1-6(13)7-5-8(14-12-7)9-10-3-2-4-11-9/h2-6,13H,1H3. The van der Waals surface area contributed by atoms with Crippen molar-refractivity contribution in [3.8, 4) is 11.6 Å². The topological polar surface area (TPSA) is 72.0 Å². The Kier molecular flexibility index (Phi) is 2.24. The molecule has 1 unspecified atom stereocenters. The minimum Gasteiger partial charge on any atom is -0.387 e. The van der Waals surface area contributed by atoms with Crippen LogP contribution < -0.4 is 0 Å². The lowest BCUT2D eigenvalue weighted by molar-refractivity contribution is 0.188. The Morgan fingerprint density at radius 1 is 1.36 bits per heavy atom. The first-order valence-electron chi connectivity index (χ1n) is 4.19. The van der Waals surface area contributed by atoms with Gasteiger partial charge in [-0.05, 0) is 13.0 Å². The molecule has 0 saturated heterocycles. The Hall–Kier alpha value is -1.75. The molecule has 0 bridgehead atoms. The summed E-state index contributed by atoms with van der Waals surface area (Å²) in [6.07, 6.45) is 2.59. The fourth-order valence-corrected chi connectivity index (χ4v) is 1.02. The molecule has 1 atom stereocenters. The van der Waals surface area contributed by atoms with E-state index in [1.807, 2.05) is 0 Å². The summed E-state index contributed by atoms with van der Waals surface area (Å²) < 4.78 is 4.98. The molecule has 0 radical (unpaired) electrons. The monoisotopic (exact) mass is 191 g/mol. The van der Waals surface area contributed by atoms with E-state index in [9.17, 15) is 5.11 Å². The van der Waals surface area contributed by atoms with E-state index in [-0.39, 0.29) is 0 Å². The molecule has 5 nitrogen and oxygen atoms in total. The summed E-state index contributed by atoms with van der Waals surface area (Å²) in [5.41, 5.74) is 0.479. The third-order valence-corrected chi connectivity index (χ3v) is 1.74. The van der Waals surface area contributed by atoms with Crippen molar-refractivity contribution in [2.24, 2.45) is 0 Å². The first-order valence-corrected chi connectivity index (χ1v) is 4.19. The lowest BCUT2D eigenvalue weighted by atomic mass is 10.2. The summed E-state index contributed by atoms with van der Waals surface area (Å²) in [6, 6.07) is 3.34. The van der Waals surface area contributed by atoms with E-state index in [0.717, 1.165) is 0 Å². The van der Waals surface area contributed by atoms with Crippen molar-refractivity contribution in [1.82, 2.24) is 15.1 Å². The molecule has 2 aromatic rings. The number of hydrogen-bond acceptors (Lipinski definition) is 5. The Morgan fingerprint density at radius 2 is 2.07 bits per heavy atom. The van der Waals surface area contributed by atoms with Crippen molar-refractivity contribution in [1.29, 1.82) is 0 Å². The van der Waals surface area contributed by atoms with Gasteiger partial charge in [-0.15, -0.1) is 0 Å². The highest BCUT2D eigenvalue weighted by Crippen LogP contribution is 2.18. The van der Waals surface area contributed by atoms with Crippen molar-refractivity contribution in [2.75, 3.05) is 0 Å². The first-order chi connectivity index (χ1) is 6.77. The van der Waals surface area contributed by atoms with Crippen LogP contribution in [0.25, 0.3) is 11.6 Å². The van der Waals surface area contributed by atoms with Crippen LogP contribution in [-0.4, -0.2) is 20.2 Å². The van der Waals surface area contributed by atoms with E-state index in [1.165, 1.54) is 0 Å². The van der Waals surface area contributed by atoms with Crippen molar-refractivity contribution >= 4 is 0 Å². The number of aromatic nitrogens is 3. The average molecular weight is 191 g/mol. The number of aliphatic hydroxyl groups is 1. The molecule has 0 aliphatic carbocycles. The molecule has 5 heteroatoms. The van der Waals surface area contributed by atoms with Crippen LogP contribution >= 0.6 is 0 Å². The Labute approximate surface area is 80.4 Å². The third kappa shape index (κ3) is 1.62. The van der Waals surface area contributed by atoms with Gasteiger partial charge in [0, 0.05) is 18.5 Å². The molecule has 0 spiro atoms. The quantitative estimate of drug-likeness (QED) is 0.771. The van der Waals surface area contributed by atoms with E-state index in [4.69, 9.17) is 4.52 Å². The smallest absolute Gasteiger partial charge is 0.204 e. The lowest BCUT2D eigenvalue weighted by Crippen LogP contribution is -1.89. The summed E-state index contributed by atoms with van der Waals surface area (Å²) >= 11 is 0. The molecular weight excluding hydrogens is 182 g/mol. The second-order valence-corrected chi connectivity index (χ2v) is 2.86. The molecule has 0 amide bonds. The highest BCUT2D eigenvalue weighted by molar-refractivity contribution is 5.45. The summed E-state index contributed by atoms with van der Waals surface area (Å²) in [6.45, 7) is 1.62. The van der Waals surface area contributed by atoms with Crippen LogP contribution in [0.2, 0.25) is 0 Å². The van der Waals surface area contributed by atoms with Gasteiger partial charge in [-0.25, -0.2) is 9.97 Å². The minimum absolute atomic E-state index is 0.460. The summed E-state index contributed by atoms with van der Waals surface area (Å²) in [5, 5.41) is 12.9. The number of hydrogen-bond donors (Lipinski definition) is 1. The van der Waals surface area contributed by atoms with Crippen molar-refractivity contribution in [2.45, 2.75) is 13.0 Å². The molecule has 2 aromatic heterocycles. The van der Waals surface area contributed by atoms with Gasteiger partial charge in [0.05, 0.1) is 6.10 Å². The van der Waals surface area contributed by atoms with Gasteiger partial charge >= 0.3 is 0 Å². The first kappa shape index (κ1) is 8.83. The molecule has 2 heterocycles. The van der Waals surface area contributed by atoms with E-state index in [1.54, 1.807) is 31.5 Å². The van der Waals surface area contributed by atoms with Crippen LogP contribution in [0, 0.1) is 0 Å². The van der Waals surface area contributed by atoms with Crippen LogP contribution in [0.5, 0.6) is 0 Å². The molecule has 0 saturated carbocycles. The van der Waals surface area contributed by atoms with Gasteiger partial charge in [0.1, 0.15) is 5.69 Å². The molecule has 0 fully saturated rings. The van der Waals surface area contributed by atoms with Crippen molar-refractivity contribution < 1.29 is 9.63 Å². The molecule has 1 N–H and O–H groups in total. The van der Waals surface area contributed by atoms with Gasteiger partial charge < -0.3 is 9.63 Å². The zero-order valence-electron chi connectivity index (χ0n) is 7.58. The van der Waals surface area contributed by atoms with Crippen LogP contribution in [0.15, 0.2) is 29.0 Å². The van der Waals surface area contributed by atoms with Crippen LogP contribution in [0.3, 0.4) is 0 Å². The minimum atomic E-state index is -0.642. The average Bonchev–Trinajstić information content (AvgIpc) is 2.68. The highest BCUT2D eigenvalue weighted by Gasteiger charge is 2.11. The Bertz CT molecular complexity index is 411. The number of nitrogens with zero attached hydrogens (tertiary/aromatic N) is 3. The molecule has 0 aliphatic rings. The maximum absolute atomic E-state index is 9.22. The number of aliphatic hydroxyl groups excluding tert-OH is 1. The van der Waals surface area contributed by atoms with Crippen molar-refractivity contribution in [3.63, 3.8) is 0 Å². The summed E-state index contributed by atoms with van der Waals surface area (Å²) in [7, 11) is 0.